The minimum atomic E-state index is 0.960. The monoisotopic (exact) mass is 687 g/mol. The molecule has 3 heterocycles. The fourth-order valence-electron chi connectivity index (χ4n) is 8.52. The van der Waals surface area contributed by atoms with E-state index in [-0.39, 0.29) is 0 Å². The first-order chi connectivity index (χ1) is 26.8. The second-order valence-corrected chi connectivity index (χ2v) is 13.9. The van der Waals surface area contributed by atoms with E-state index in [1.54, 1.807) is 0 Å². The molecule has 0 aliphatic rings. The van der Waals surface area contributed by atoms with Crippen molar-refractivity contribution in [1.29, 1.82) is 0 Å². The van der Waals surface area contributed by atoms with Crippen LogP contribution in [0.1, 0.15) is 0 Å². The van der Waals surface area contributed by atoms with E-state index in [4.69, 9.17) is 4.98 Å². The summed E-state index contributed by atoms with van der Waals surface area (Å²) in [7, 11) is 0. The Hall–Kier alpha value is -7.23. The smallest absolute Gasteiger partial charge is 0.0795 e. The van der Waals surface area contributed by atoms with Crippen LogP contribution in [0.4, 0.5) is 0 Å². The molecule has 0 bridgehead atoms. The molecule has 0 amide bonds. The van der Waals surface area contributed by atoms with E-state index in [1.165, 1.54) is 54.4 Å². The predicted octanol–water partition coefficient (Wildman–Crippen LogP) is 13.4. The number of aromatic nitrogens is 3. The second kappa shape index (κ2) is 12.2. The summed E-state index contributed by atoms with van der Waals surface area (Å²) < 4.78 is 4.95. The van der Waals surface area contributed by atoms with Crippen LogP contribution in [0.25, 0.3) is 99.4 Å². The summed E-state index contributed by atoms with van der Waals surface area (Å²) >= 11 is 0. The minimum absolute atomic E-state index is 0.960. The summed E-state index contributed by atoms with van der Waals surface area (Å²) in [5.74, 6) is 0. The number of para-hydroxylation sites is 3. The normalized spacial score (nSPS) is 11.7. The van der Waals surface area contributed by atoms with Crippen molar-refractivity contribution in [2.24, 2.45) is 0 Å². The Bertz CT molecular complexity index is 3120. The maximum Gasteiger partial charge on any atom is 0.0795 e. The van der Waals surface area contributed by atoms with Crippen molar-refractivity contribution in [2.75, 3.05) is 0 Å². The molecule has 0 atom stereocenters. The Morgan fingerprint density at radius 3 is 1.17 bits per heavy atom. The topological polar surface area (TPSA) is 22.8 Å². The lowest BCUT2D eigenvalue weighted by Gasteiger charge is -2.15. The second-order valence-electron chi connectivity index (χ2n) is 13.9. The van der Waals surface area contributed by atoms with Crippen molar-refractivity contribution >= 4 is 54.4 Å². The first kappa shape index (κ1) is 30.4. The van der Waals surface area contributed by atoms with Gasteiger partial charge in [0, 0.05) is 44.0 Å². The van der Waals surface area contributed by atoms with Crippen molar-refractivity contribution in [3.8, 4) is 45.0 Å². The molecule has 3 heteroatoms. The quantitative estimate of drug-likeness (QED) is 0.177. The van der Waals surface area contributed by atoms with Gasteiger partial charge in [0.15, 0.2) is 0 Å². The van der Waals surface area contributed by atoms with Gasteiger partial charge in [-0.15, -0.1) is 0 Å². The van der Waals surface area contributed by atoms with Gasteiger partial charge in [0.05, 0.1) is 33.5 Å². The number of fused-ring (bicyclic) bond motifs is 10. The Balaban J connectivity index is 1.20. The van der Waals surface area contributed by atoms with Gasteiger partial charge in [-0.3, -0.25) is 0 Å². The fraction of sp³-hybridized carbons (Fsp3) is 0. The Morgan fingerprint density at radius 1 is 0.296 bits per heavy atom. The van der Waals surface area contributed by atoms with Gasteiger partial charge in [-0.25, -0.2) is 4.98 Å². The van der Waals surface area contributed by atoms with Crippen LogP contribution in [0.3, 0.4) is 0 Å². The molecule has 54 heavy (non-hydrogen) atoms. The maximum absolute atomic E-state index is 5.12. The van der Waals surface area contributed by atoms with Crippen LogP contribution in [0, 0.1) is 0 Å². The Labute approximate surface area is 312 Å². The lowest BCUT2D eigenvalue weighted by molar-refractivity contribution is 1.15. The molecular formula is C51H33N3. The largest absolute Gasteiger partial charge is 0.307 e. The molecule has 0 aliphatic heterocycles. The number of rotatable bonds is 5. The summed E-state index contributed by atoms with van der Waals surface area (Å²) in [4.78, 5) is 5.12. The van der Waals surface area contributed by atoms with Crippen LogP contribution in [0.2, 0.25) is 0 Å². The minimum Gasteiger partial charge on any atom is -0.307 e. The van der Waals surface area contributed by atoms with E-state index in [1.807, 2.05) is 0 Å². The standard InChI is InChI=1S/C51H33N3/c1-4-16-35(17-5-1)44-32-37(33-45(52-44)36-18-6-2-7-19-36)34-28-30-39(31-29-34)54-47-27-15-13-25-43(47)49-41-23-11-10-22-40(41)48-42-24-12-14-26-46(42)53(50(48)51(49)54)38-20-8-3-9-21-38/h1-33H. The molecule has 0 aliphatic carbocycles. The van der Waals surface area contributed by atoms with Gasteiger partial charge in [0.1, 0.15) is 0 Å². The average molecular weight is 688 g/mol. The van der Waals surface area contributed by atoms with Gasteiger partial charge in [0.25, 0.3) is 0 Å². The third-order valence-corrected chi connectivity index (χ3v) is 10.9. The van der Waals surface area contributed by atoms with Crippen molar-refractivity contribution in [3.05, 3.63) is 200 Å². The third kappa shape index (κ3) is 4.65. The highest BCUT2D eigenvalue weighted by Crippen LogP contribution is 2.46. The molecule has 252 valence electrons. The van der Waals surface area contributed by atoms with Gasteiger partial charge in [-0.2, -0.15) is 0 Å². The predicted molar refractivity (Wildman–Crippen MR) is 227 cm³/mol. The number of nitrogens with zero attached hydrogens (tertiary/aromatic N) is 3. The fourth-order valence-corrected chi connectivity index (χ4v) is 8.52. The van der Waals surface area contributed by atoms with E-state index < -0.39 is 0 Å². The number of hydrogen-bond donors (Lipinski definition) is 0. The van der Waals surface area contributed by atoms with Gasteiger partial charge >= 0.3 is 0 Å². The van der Waals surface area contributed by atoms with Crippen LogP contribution in [0.5, 0.6) is 0 Å². The first-order valence-corrected chi connectivity index (χ1v) is 18.5. The first-order valence-electron chi connectivity index (χ1n) is 18.5. The molecule has 3 nitrogen and oxygen atoms in total. The van der Waals surface area contributed by atoms with Crippen LogP contribution in [-0.2, 0) is 0 Å². The molecule has 0 unspecified atom stereocenters. The summed E-state index contributed by atoms with van der Waals surface area (Å²) in [6.07, 6.45) is 0. The molecule has 0 spiro atoms. The number of pyridine rings is 1. The maximum atomic E-state index is 5.12. The van der Waals surface area contributed by atoms with Gasteiger partial charge in [0.2, 0.25) is 0 Å². The summed E-state index contributed by atoms with van der Waals surface area (Å²) in [5.41, 5.74) is 13.5. The van der Waals surface area contributed by atoms with Crippen molar-refractivity contribution < 1.29 is 0 Å². The summed E-state index contributed by atoms with van der Waals surface area (Å²) in [6, 6.07) is 71.9. The van der Waals surface area contributed by atoms with Crippen LogP contribution in [0.15, 0.2) is 200 Å². The zero-order chi connectivity index (χ0) is 35.6. The highest BCUT2D eigenvalue weighted by atomic mass is 15.0. The Kier molecular flexibility index (Phi) is 6.86. The third-order valence-electron chi connectivity index (χ3n) is 10.9. The number of hydrogen-bond acceptors (Lipinski definition) is 1. The molecule has 11 rings (SSSR count). The van der Waals surface area contributed by atoms with Gasteiger partial charge < -0.3 is 9.13 Å². The van der Waals surface area contributed by atoms with Crippen molar-refractivity contribution in [3.63, 3.8) is 0 Å². The molecule has 8 aromatic carbocycles. The van der Waals surface area contributed by atoms with Crippen molar-refractivity contribution in [2.45, 2.75) is 0 Å². The molecule has 11 aromatic rings. The molecule has 0 N–H and O–H groups in total. The molecule has 0 saturated carbocycles. The highest BCUT2D eigenvalue weighted by molar-refractivity contribution is 6.36. The van der Waals surface area contributed by atoms with Gasteiger partial charge in [-0.05, 0) is 70.4 Å². The van der Waals surface area contributed by atoms with Crippen LogP contribution < -0.4 is 0 Å². The average Bonchev–Trinajstić information content (AvgIpc) is 3.79. The van der Waals surface area contributed by atoms with Gasteiger partial charge in [-0.1, -0.05) is 152 Å². The molecule has 0 radical (unpaired) electrons. The lowest BCUT2D eigenvalue weighted by atomic mass is 9.98. The number of benzene rings is 8. The highest BCUT2D eigenvalue weighted by Gasteiger charge is 2.24. The zero-order valence-electron chi connectivity index (χ0n) is 29.4. The van der Waals surface area contributed by atoms with E-state index in [0.717, 1.165) is 45.0 Å². The molecule has 0 fully saturated rings. The molecule has 3 aromatic heterocycles. The van der Waals surface area contributed by atoms with Crippen molar-refractivity contribution in [1.82, 2.24) is 14.1 Å². The van der Waals surface area contributed by atoms with E-state index in [2.05, 4.69) is 209 Å². The lowest BCUT2D eigenvalue weighted by Crippen LogP contribution is -1.99. The summed E-state index contributed by atoms with van der Waals surface area (Å²) in [5, 5.41) is 7.58. The summed E-state index contributed by atoms with van der Waals surface area (Å²) in [6.45, 7) is 0. The van der Waals surface area contributed by atoms with Crippen LogP contribution >= 0.6 is 0 Å². The molecule has 0 saturated heterocycles. The van der Waals surface area contributed by atoms with E-state index >= 15 is 0 Å². The SMILES string of the molecule is c1ccc(-c2cc(-c3ccc(-n4c5ccccc5c5c6ccccc6c6c7ccccc7n(-c7ccccc7)c6c54)cc3)cc(-c3ccccc3)n2)cc1. The van der Waals surface area contributed by atoms with E-state index in [0.29, 0.717) is 0 Å². The van der Waals surface area contributed by atoms with Crippen LogP contribution in [-0.4, -0.2) is 14.1 Å². The van der Waals surface area contributed by atoms with E-state index in [9.17, 15) is 0 Å². The zero-order valence-corrected chi connectivity index (χ0v) is 29.4. The Morgan fingerprint density at radius 2 is 0.685 bits per heavy atom. The molecular weight excluding hydrogens is 655 g/mol.